The average molecular weight is 284 g/mol. The topological polar surface area (TPSA) is 58.1 Å². The van der Waals surface area contributed by atoms with Crippen LogP contribution in [0.4, 0.5) is 11.5 Å². The molecule has 1 amide bonds. The number of hydrogen-bond acceptors (Lipinski definition) is 4. The van der Waals surface area contributed by atoms with Crippen LogP contribution in [0.15, 0.2) is 42.7 Å². The van der Waals surface area contributed by atoms with Crippen molar-refractivity contribution in [3.05, 3.63) is 48.4 Å². The van der Waals surface area contributed by atoms with Crippen LogP contribution in [0.2, 0.25) is 0 Å². The lowest BCUT2D eigenvalue weighted by Crippen LogP contribution is -2.21. The van der Waals surface area contributed by atoms with Crippen molar-refractivity contribution in [2.24, 2.45) is 0 Å². The zero-order chi connectivity index (χ0) is 15.1. The highest BCUT2D eigenvalue weighted by Gasteiger charge is 2.09. The molecule has 5 heteroatoms. The summed E-state index contributed by atoms with van der Waals surface area (Å²) in [5.41, 5.74) is 1.06. The molecule has 1 aromatic heterocycles. The summed E-state index contributed by atoms with van der Waals surface area (Å²) >= 11 is 0. The van der Waals surface area contributed by atoms with E-state index in [4.69, 9.17) is 0 Å². The van der Waals surface area contributed by atoms with Gasteiger partial charge in [-0.15, -0.1) is 0 Å². The number of carbonyl (C=O) groups excluding carboxylic acids is 1. The molecule has 0 aliphatic carbocycles. The van der Waals surface area contributed by atoms with Gasteiger partial charge in [-0.05, 0) is 18.6 Å². The van der Waals surface area contributed by atoms with Crippen LogP contribution < -0.4 is 10.2 Å². The maximum absolute atomic E-state index is 12.0. The fourth-order valence-corrected chi connectivity index (χ4v) is 1.86. The van der Waals surface area contributed by atoms with Crippen molar-refractivity contribution in [1.82, 2.24) is 9.97 Å². The molecule has 0 aliphatic rings. The molecule has 0 saturated heterocycles. The molecule has 0 saturated carbocycles. The number of anilines is 2. The van der Waals surface area contributed by atoms with E-state index >= 15 is 0 Å². The monoisotopic (exact) mass is 284 g/mol. The summed E-state index contributed by atoms with van der Waals surface area (Å²) in [6, 6.07) is 9.30. The average Bonchev–Trinajstić information content (AvgIpc) is 2.53. The SMILES string of the molecule is CCCCN(C)c1cnc(C(=O)Nc2ccccc2)cn1. The van der Waals surface area contributed by atoms with Gasteiger partial charge in [-0.2, -0.15) is 0 Å². The molecule has 5 nitrogen and oxygen atoms in total. The van der Waals surface area contributed by atoms with E-state index in [1.165, 1.54) is 6.20 Å². The van der Waals surface area contributed by atoms with Crippen LogP contribution >= 0.6 is 0 Å². The molecule has 21 heavy (non-hydrogen) atoms. The first kappa shape index (κ1) is 15.0. The maximum atomic E-state index is 12.0. The summed E-state index contributed by atoms with van der Waals surface area (Å²) in [5.74, 6) is 0.524. The van der Waals surface area contributed by atoms with Gasteiger partial charge in [0.1, 0.15) is 11.5 Å². The van der Waals surface area contributed by atoms with Crippen molar-refractivity contribution in [3.8, 4) is 0 Å². The van der Waals surface area contributed by atoms with Crippen LogP contribution in [0.5, 0.6) is 0 Å². The molecular formula is C16H20N4O. The van der Waals surface area contributed by atoms with Crippen molar-refractivity contribution in [3.63, 3.8) is 0 Å². The van der Waals surface area contributed by atoms with Crippen LogP contribution in [0.25, 0.3) is 0 Å². The first-order chi connectivity index (χ1) is 10.2. The standard InChI is InChI=1S/C16H20N4O/c1-3-4-10-20(2)15-12-17-14(11-18-15)16(21)19-13-8-6-5-7-9-13/h5-9,11-12H,3-4,10H2,1-2H3,(H,19,21). The second kappa shape index (κ2) is 7.38. The largest absolute Gasteiger partial charge is 0.358 e. The molecule has 2 aromatic rings. The molecule has 1 aromatic carbocycles. The molecule has 0 fully saturated rings. The number of nitrogens with zero attached hydrogens (tertiary/aromatic N) is 3. The molecule has 0 bridgehead atoms. The summed E-state index contributed by atoms with van der Waals surface area (Å²) in [6.45, 7) is 3.08. The first-order valence-electron chi connectivity index (χ1n) is 7.10. The number of unbranched alkanes of at least 4 members (excludes halogenated alkanes) is 1. The Balaban J connectivity index is 2.00. The van der Waals surface area contributed by atoms with E-state index in [0.717, 1.165) is 30.9 Å². The fourth-order valence-electron chi connectivity index (χ4n) is 1.86. The highest BCUT2D eigenvalue weighted by atomic mass is 16.1. The van der Waals surface area contributed by atoms with Gasteiger partial charge >= 0.3 is 0 Å². The minimum Gasteiger partial charge on any atom is -0.358 e. The summed E-state index contributed by atoms with van der Waals surface area (Å²) in [7, 11) is 1.98. The Morgan fingerprint density at radius 2 is 1.95 bits per heavy atom. The predicted molar refractivity (Wildman–Crippen MR) is 84.6 cm³/mol. The Hall–Kier alpha value is -2.43. The Morgan fingerprint density at radius 3 is 2.57 bits per heavy atom. The second-order valence-electron chi connectivity index (χ2n) is 4.86. The Labute approximate surface area is 125 Å². The maximum Gasteiger partial charge on any atom is 0.275 e. The molecule has 2 rings (SSSR count). The molecule has 0 spiro atoms. The number of carbonyl (C=O) groups is 1. The Kier molecular flexibility index (Phi) is 5.26. The highest BCUT2D eigenvalue weighted by Crippen LogP contribution is 2.10. The van der Waals surface area contributed by atoms with E-state index in [2.05, 4.69) is 22.2 Å². The third kappa shape index (κ3) is 4.27. The lowest BCUT2D eigenvalue weighted by Gasteiger charge is -2.17. The van der Waals surface area contributed by atoms with E-state index in [1.54, 1.807) is 6.20 Å². The van der Waals surface area contributed by atoms with Crippen LogP contribution in [0.1, 0.15) is 30.3 Å². The molecule has 110 valence electrons. The van der Waals surface area contributed by atoms with E-state index in [1.807, 2.05) is 42.3 Å². The van der Waals surface area contributed by atoms with Gasteiger partial charge in [-0.25, -0.2) is 9.97 Å². The zero-order valence-corrected chi connectivity index (χ0v) is 12.4. The fraction of sp³-hybridized carbons (Fsp3) is 0.312. The van der Waals surface area contributed by atoms with E-state index in [9.17, 15) is 4.79 Å². The normalized spacial score (nSPS) is 10.2. The third-order valence-corrected chi connectivity index (χ3v) is 3.14. The lowest BCUT2D eigenvalue weighted by molar-refractivity contribution is 0.102. The van der Waals surface area contributed by atoms with Crippen molar-refractivity contribution < 1.29 is 4.79 Å². The van der Waals surface area contributed by atoms with E-state index in [0.29, 0.717) is 5.69 Å². The van der Waals surface area contributed by atoms with Crippen LogP contribution in [0, 0.1) is 0 Å². The highest BCUT2D eigenvalue weighted by molar-refractivity contribution is 6.02. The third-order valence-electron chi connectivity index (χ3n) is 3.14. The number of hydrogen-bond donors (Lipinski definition) is 1. The minimum atomic E-state index is -0.253. The number of aromatic nitrogens is 2. The molecule has 0 atom stereocenters. The second-order valence-corrected chi connectivity index (χ2v) is 4.86. The first-order valence-corrected chi connectivity index (χ1v) is 7.10. The van der Waals surface area contributed by atoms with Gasteiger partial charge in [-0.1, -0.05) is 31.5 Å². The molecular weight excluding hydrogens is 264 g/mol. The summed E-state index contributed by atoms with van der Waals surface area (Å²) in [4.78, 5) is 22.6. The van der Waals surface area contributed by atoms with Gasteiger partial charge in [0.25, 0.3) is 5.91 Å². The number of benzene rings is 1. The number of amides is 1. The van der Waals surface area contributed by atoms with Crippen molar-refractivity contribution in [2.45, 2.75) is 19.8 Å². The summed E-state index contributed by atoms with van der Waals surface area (Å²) < 4.78 is 0. The van der Waals surface area contributed by atoms with Crippen molar-refractivity contribution >= 4 is 17.4 Å². The van der Waals surface area contributed by atoms with Crippen LogP contribution in [0.3, 0.4) is 0 Å². The summed E-state index contributed by atoms with van der Waals surface area (Å²) in [5, 5.41) is 2.79. The molecule has 1 heterocycles. The zero-order valence-electron chi connectivity index (χ0n) is 12.4. The number of nitrogens with one attached hydrogen (secondary N) is 1. The summed E-state index contributed by atoms with van der Waals surface area (Å²) in [6.07, 6.45) is 5.38. The molecule has 0 radical (unpaired) electrons. The Morgan fingerprint density at radius 1 is 1.19 bits per heavy atom. The molecule has 0 unspecified atom stereocenters. The Bertz CT molecular complexity index is 569. The number of rotatable bonds is 6. The van der Waals surface area contributed by atoms with Gasteiger partial charge in [-0.3, -0.25) is 4.79 Å². The van der Waals surface area contributed by atoms with Gasteiger partial charge in [0.05, 0.1) is 12.4 Å². The molecule has 1 N–H and O–H groups in total. The van der Waals surface area contributed by atoms with Gasteiger partial charge < -0.3 is 10.2 Å². The van der Waals surface area contributed by atoms with Crippen molar-refractivity contribution in [2.75, 3.05) is 23.8 Å². The number of para-hydroxylation sites is 1. The van der Waals surface area contributed by atoms with Crippen LogP contribution in [-0.4, -0.2) is 29.5 Å². The predicted octanol–water partition coefficient (Wildman–Crippen LogP) is 2.97. The minimum absolute atomic E-state index is 0.253. The van der Waals surface area contributed by atoms with E-state index < -0.39 is 0 Å². The van der Waals surface area contributed by atoms with E-state index in [-0.39, 0.29) is 5.91 Å². The quantitative estimate of drug-likeness (QED) is 0.886. The molecule has 0 aliphatic heterocycles. The lowest BCUT2D eigenvalue weighted by atomic mass is 10.3. The van der Waals surface area contributed by atoms with Gasteiger partial charge in [0.15, 0.2) is 0 Å². The van der Waals surface area contributed by atoms with Gasteiger partial charge in [0, 0.05) is 19.3 Å². The smallest absolute Gasteiger partial charge is 0.275 e. The van der Waals surface area contributed by atoms with Crippen molar-refractivity contribution in [1.29, 1.82) is 0 Å². The van der Waals surface area contributed by atoms with Gasteiger partial charge in [0.2, 0.25) is 0 Å². The van der Waals surface area contributed by atoms with Crippen LogP contribution in [-0.2, 0) is 0 Å².